The van der Waals surface area contributed by atoms with Crippen molar-refractivity contribution < 1.29 is 45.5 Å². The van der Waals surface area contributed by atoms with E-state index in [4.69, 9.17) is 32.5 Å². The minimum atomic E-state index is -4.32. The fourth-order valence-electron chi connectivity index (χ4n) is 4.03. The van der Waals surface area contributed by atoms with Gasteiger partial charge >= 0.3 is 7.82 Å². The fraction of sp³-hybridized carbons (Fsp3) is 0.188. The van der Waals surface area contributed by atoms with E-state index in [0.29, 0.717) is 22.8 Å². The van der Waals surface area contributed by atoms with Crippen molar-refractivity contribution >= 4 is 23.9 Å². The summed E-state index contributed by atoms with van der Waals surface area (Å²) in [7, 11) is -2.64. The van der Waals surface area contributed by atoms with E-state index in [1.54, 1.807) is 36.4 Å². The molecule has 13 heteroatoms. The van der Waals surface area contributed by atoms with E-state index in [0.717, 1.165) is 11.1 Å². The first-order valence-corrected chi connectivity index (χ1v) is 16.5. The molecule has 0 bridgehead atoms. The predicted molar refractivity (Wildman–Crippen MR) is 169 cm³/mol. The van der Waals surface area contributed by atoms with Crippen LogP contribution in [0.1, 0.15) is 16.7 Å². The van der Waals surface area contributed by atoms with Crippen LogP contribution in [0.15, 0.2) is 102 Å². The van der Waals surface area contributed by atoms with Gasteiger partial charge in [0.2, 0.25) is 0 Å². The van der Waals surface area contributed by atoms with Gasteiger partial charge in [0, 0.05) is 24.4 Å². The maximum absolute atomic E-state index is 13.9. The topological polar surface area (TPSA) is 128 Å². The van der Waals surface area contributed by atoms with E-state index in [1.807, 2.05) is 36.4 Å². The average molecular weight is 656 g/mol. The molecule has 11 nitrogen and oxygen atoms in total. The standard InChI is InChI=1S/C32H34NO10PS/c1-37-26-19-30(39-3)28(31(20-26)40-4)17-18-33-45(35,36)27-15-16-29(38-2)32(21-27)43-44(34,41-22-24-11-7-5-8-12-24)42-23-25-13-9-6-10-14-25/h5-21,33H,22-23H2,1-4H3/b18-17+. The third-order valence-electron chi connectivity index (χ3n) is 6.35. The summed E-state index contributed by atoms with van der Waals surface area (Å²) in [6, 6.07) is 25.3. The van der Waals surface area contributed by atoms with Gasteiger partial charge in [0.1, 0.15) is 17.2 Å². The molecule has 0 aromatic heterocycles. The zero-order valence-electron chi connectivity index (χ0n) is 25.2. The Bertz CT molecular complexity index is 1680. The first kappa shape index (κ1) is 33.4. The molecule has 0 saturated carbocycles. The molecule has 4 aromatic carbocycles. The first-order chi connectivity index (χ1) is 21.7. The highest BCUT2D eigenvalue weighted by Gasteiger charge is 2.31. The van der Waals surface area contributed by atoms with Gasteiger partial charge in [-0.3, -0.25) is 13.8 Å². The number of sulfonamides is 1. The lowest BCUT2D eigenvalue weighted by atomic mass is 10.1. The molecule has 0 fully saturated rings. The van der Waals surface area contributed by atoms with Gasteiger partial charge in [-0.05, 0) is 29.3 Å². The summed E-state index contributed by atoms with van der Waals surface area (Å²) in [6.07, 6.45) is 2.71. The Balaban J connectivity index is 1.59. The summed E-state index contributed by atoms with van der Waals surface area (Å²) >= 11 is 0. The number of rotatable bonds is 16. The lowest BCUT2D eigenvalue weighted by Crippen LogP contribution is -2.18. The minimum Gasteiger partial charge on any atom is -0.496 e. The molecule has 0 aliphatic carbocycles. The third kappa shape index (κ3) is 9.02. The van der Waals surface area contributed by atoms with Gasteiger partial charge in [-0.25, -0.2) is 13.0 Å². The van der Waals surface area contributed by atoms with E-state index in [2.05, 4.69) is 4.72 Å². The molecule has 0 radical (unpaired) electrons. The molecule has 0 aliphatic rings. The van der Waals surface area contributed by atoms with Gasteiger partial charge in [-0.15, -0.1) is 0 Å². The van der Waals surface area contributed by atoms with Crippen molar-refractivity contribution in [2.45, 2.75) is 18.1 Å². The highest BCUT2D eigenvalue weighted by molar-refractivity contribution is 7.89. The summed E-state index contributed by atoms with van der Waals surface area (Å²) in [5.74, 6) is 1.27. The van der Waals surface area contributed by atoms with Crippen LogP contribution in [-0.2, 0) is 36.8 Å². The molecule has 0 aliphatic heterocycles. The second-order valence-electron chi connectivity index (χ2n) is 9.27. The summed E-state index contributed by atoms with van der Waals surface area (Å²) in [6.45, 7) is -0.171. The maximum Gasteiger partial charge on any atom is 0.530 e. The van der Waals surface area contributed by atoms with Crippen LogP contribution < -0.4 is 28.2 Å². The van der Waals surface area contributed by atoms with Crippen molar-refractivity contribution in [2.24, 2.45) is 0 Å². The van der Waals surface area contributed by atoms with Crippen LogP contribution in [0.25, 0.3) is 6.08 Å². The van der Waals surface area contributed by atoms with E-state index in [1.165, 1.54) is 58.9 Å². The largest absolute Gasteiger partial charge is 0.530 e. The third-order valence-corrected chi connectivity index (χ3v) is 8.98. The zero-order chi connectivity index (χ0) is 32.3. The SMILES string of the molecule is COc1cc(OC)c(/C=C/NS(=O)(=O)c2ccc(OC)c(OP(=O)(OCc3ccccc3)OCc3ccccc3)c2)c(OC)c1. The maximum atomic E-state index is 13.9. The molecule has 0 saturated heterocycles. The highest BCUT2D eigenvalue weighted by atomic mass is 32.2. The Morgan fingerprint density at radius 2 is 1.20 bits per heavy atom. The highest BCUT2D eigenvalue weighted by Crippen LogP contribution is 2.53. The van der Waals surface area contributed by atoms with Crippen LogP contribution in [0, 0.1) is 0 Å². The number of nitrogens with one attached hydrogen (secondary N) is 1. The minimum absolute atomic E-state index is 0.0855. The van der Waals surface area contributed by atoms with Crippen LogP contribution in [0.5, 0.6) is 28.7 Å². The molecular weight excluding hydrogens is 621 g/mol. The van der Waals surface area contributed by atoms with Gasteiger partial charge < -0.3 is 23.5 Å². The quantitative estimate of drug-likeness (QED) is 0.132. The number of methoxy groups -OCH3 is 4. The van der Waals surface area contributed by atoms with Gasteiger partial charge in [-0.2, -0.15) is 0 Å². The van der Waals surface area contributed by atoms with Gasteiger partial charge in [0.15, 0.2) is 11.5 Å². The Hall–Kier alpha value is -4.48. The van der Waals surface area contributed by atoms with E-state index in [9.17, 15) is 13.0 Å². The van der Waals surface area contributed by atoms with Gasteiger partial charge in [-0.1, -0.05) is 60.7 Å². The number of phosphoric ester groups is 1. The van der Waals surface area contributed by atoms with E-state index < -0.39 is 17.8 Å². The van der Waals surface area contributed by atoms with Crippen LogP contribution in [0.2, 0.25) is 0 Å². The van der Waals surface area contributed by atoms with Gasteiger partial charge in [0.05, 0.1) is 52.1 Å². The summed E-state index contributed by atoms with van der Waals surface area (Å²) in [5.41, 5.74) is 1.94. The van der Waals surface area contributed by atoms with Crippen molar-refractivity contribution in [3.05, 3.63) is 114 Å². The molecule has 0 atom stereocenters. The predicted octanol–water partition coefficient (Wildman–Crippen LogP) is 6.59. The molecule has 45 heavy (non-hydrogen) atoms. The number of phosphoric acid groups is 1. The van der Waals surface area contributed by atoms with Crippen molar-refractivity contribution in [3.8, 4) is 28.7 Å². The normalized spacial score (nSPS) is 11.6. The molecule has 0 heterocycles. The number of ether oxygens (including phenoxy) is 4. The molecule has 0 unspecified atom stereocenters. The molecule has 0 spiro atoms. The lowest BCUT2D eigenvalue weighted by molar-refractivity contribution is 0.142. The van der Waals surface area contributed by atoms with Crippen molar-refractivity contribution in [3.63, 3.8) is 0 Å². The smallest absolute Gasteiger partial charge is 0.496 e. The second kappa shape index (κ2) is 15.5. The van der Waals surface area contributed by atoms with Crippen molar-refractivity contribution in [1.82, 2.24) is 4.72 Å². The summed E-state index contributed by atoms with van der Waals surface area (Å²) in [4.78, 5) is -0.200. The molecule has 1 N–H and O–H groups in total. The molecular formula is C32H34NO10PS. The monoisotopic (exact) mass is 655 g/mol. The second-order valence-corrected chi connectivity index (χ2v) is 12.6. The molecule has 4 rings (SSSR count). The molecule has 238 valence electrons. The Morgan fingerprint density at radius 1 is 0.667 bits per heavy atom. The molecule has 4 aromatic rings. The average Bonchev–Trinajstić information content (AvgIpc) is 3.07. The van der Waals surface area contributed by atoms with Crippen molar-refractivity contribution in [1.29, 1.82) is 0 Å². The van der Waals surface area contributed by atoms with Crippen LogP contribution >= 0.6 is 7.82 Å². The number of hydrogen-bond donors (Lipinski definition) is 1. The van der Waals surface area contributed by atoms with Crippen LogP contribution in [0.3, 0.4) is 0 Å². The Morgan fingerprint density at radius 3 is 1.69 bits per heavy atom. The summed E-state index contributed by atoms with van der Waals surface area (Å²) in [5, 5.41) is 0. The van der Waals surface area contributed by atoms with E-state index in [-0.39, 0.29) is 29.6 Å². The first-order valence-electron chi connectivity index (χ1n) is 13.5. The summed E-state index contributed by atoms with van der Waals surface area (Å²) < 4.78 is 81.5. The van der Waals surface area contributed by atoms with E-state index >= 15 is 0 Å². The zero-order valence-corrected chi connectivity index (χ0v) is 26.9. The van der Waals surface area contributed by atoms with Crippen LogP contribution in [0.4, 0.5) is 0 Å². The molecule has 0 amide bonds. The lowest BCUT2D eigenvalue weighted by Gasteiger charge is -2.20. The van der Waals surface area contributed by atoms with Gasteiger partial charge in [0.25, 0.3) is 10.0 Å². The number of hydrogen-bond acceptors (Lipinski definition) is 10. The Kier molecular flexibility index (Phi) is 11.5. The Labute approximate surface area is 262 Å². The van der Waals surface area contributed by atoms with Crippen molar-refractivity contribution in [2.75, 3.05) is 28.4 Å². The number of benzene rings is 4. The fourth-order valence-corrected chi connectivity index (χ4v) is 6.10. The van der Waals surface area contributed by atoms with Crippen LogP contribution in [-0.4, -0.2) is 36.9 Å².